The smallest absolute Gasteiger partial charge is 0.211 e. The topological polar surface area (TPSA) is 0 Å². The van der Waals surface area contributed by atoms with Gasteiger partial charge in [0.05, 0.1) is 0 Å². The van der Waals surface area contributed by atoms with Gasteiger partial charge in [0.25, 0.3) is 0 Å². The first-order valence-corrected chi connectivity index (χ1v) is 14.1. The van der Waals surface area contributed by atoms with Gasteiger partial charge in [0.2, 0.25) is 12.9 Å². The molecule has 32 heavy (non-hydrogen) atoms. The number of hydrogen-bond acceptors (Lipinski definition) is 0. The second-order valence-electron chi connectivity index (χ2n) is 10.1. The van der Waals surface area contributed by atoms with E-state index in [9.17, 15) is 17.6 Å². The number of unbranched alkanes of at least 4 members (excludes halogenated alkanes) is 12. The molecule has 0 rings (SSSR count). The summed E-state index contributed by atoms with van der Waals surface area (Å²) in [6.45, 7) is 4.44. The van der Waals surface area contributed by atoms with Gasteiger partial charge in [-0.05, 0) is 24.7 Å². The largest absolute Gasteiger partial charge is 0.238 e. The molecule has 194 valence electrons. The maximum Gasteiger partial charge on any atom is 0.238 e. The normalized spacial score (nSPS) is 13.9. The molecule has 0 fully saturated rings. The van der Waals surface area contributed by atoms with Gasteiger partial charge in [0.15, 0.2) is 0 Å². The van der Waals surface area contributed by atoms with Gasteiger partial charge in [0, 0.05) is 12.8 Å². The second kappa shape index (κ2) is 23.9. The van der Waals surface area contributed by atoms with Gasteiger partial charge in [-0.1, -0.05) is 129 Å². The molecule has 0 aliphatic carbocycles. The van der Waals surface area contributed by atoms with Crippen molar-refractivity contribution in [3.05, 3.63) is 0 Å². The van der Waals surface area contributed by atoms with Crippen molar-refractivity contribution < 1.29 is 17.6 Å². The Kier molecular flexibility index (Phi) is 23.7. The summed E-state index contributed by atoms with van der Waals surface area (Å²) >= 11 is 0. The van der Waals surface area contributed by atoms with E-state index in [4.69, 9.17) is 0 Å². The van der Waals surface area contributed by atoms with E-state index in [1.54, 1.807) is 0 Å². The monoisotopic (exact) mass is 466 g/mol. The van der Waals surface area contributed by atoms with E-state index in [0.29, 0.717) is 24.7 Å². The van der Waals surface area contributed by atoms with Crippen LogP contribution in [0.15, 0.2) is 0 Å². The van der Waals surface area contributed by atoms with Crippen LogP contribution >= 0.6 is 0 Å². The van der Waals surface area contributed by atoms with Gasteiger partial charge >= 0.3 is 0 Å². The zero-order chi connectivity index (χ0) is 23.9. The molecule has 0 aliphatic heterocycles. The zero-order valence-electron chi connectivity index (χ0n) is 21.4. The van der Waals surface area contributed by atoms with Crippen LogP contribution in [0.25, 0.3) is 0 Å². The number of hydrogen-bond donors (Lipinski definition) is 0. The average Bonchev–Trinajstić information content (AvgIpc) is 2.76. The van der Waals surface area contributed by atoms with E-state index in [1.165, 1.54) is 77.0 Å². The molecule has 0 saturated heterocycles. The molecule has 0 aromatic heterocycles. The SMILES string of the molecule is CCCCCCCCCC(CCC(F)F)CCC(CCCCCCCCC)CCC(F)F. The molecule has 0 bridgehead atoms. The summed E-state index contributed by atoms with van der Waals surface area (Å²) in [5.41, 5.74) is 0. The minimum absolute atomic E-state index is 0.0133. The van der Waals surface area contributed by atoms with Crippen LogP contribution in [0, 0.1) is 11.8 Å². The Morgan fingerprint density at radius 2 is 0.625 bits per heavy atom. The first-order chi connectivity index (χ1) is 15.5. The van der Waals surface area contributed by atoms with Crippen LogP contribution < -0.4 is 0 Å². The predicted octanol–water partition coefficient (Wildman–Crippen LogP) is 11.4. The molecule has 0 radical (unpaired) electrons. The Labute approximate surface area is 197 Å². The number of alkyl halides is 4. The third kappa shape index (κ3) is 22.9. The number of halogens is 4. The predicted molar refractivity (Wildman–Crippen MR) is 132 cm³/mol. The minimum Gasteiger partial charge on any atom is -0.211 e. The molecule has 0 amide bonds. The van der Waals surface area contributed by atoms with Crippen molar-refractivity contribution in [2.24, 2.45) is 11.8 Å². The molecule has 0 aromatic carbocycles. The van der Waals surface area contributed by atoms with Crippen LogP contribution in [-0.4, -0.2) is 12.9 Å². The molecule has 0 heterocycles. The van der Waals surface area contributed by atoms with E-state index in [2.05, 4.69) is 13.8 Å². The molecule has 2 atom stereocenters. The fourth-order valence-corrected chi connectivity index (χ4v) is 4.84. The van der Waals surface area contributed by atoms with Crippen molar-refractivity contribution >= 4 is 0 Å². The Hall–Kier alpha value is -0.280. The van der Waals surface area contributed by atoms with Crippen molar-refractivity contribution in [1.29, 1.82) is 0 Å². The molecular formula is C28H54F4. The summed E-state index contributed by atoms with van der Waals surface area (Å²) in [6.07, 6.45) is 18.0. The molecule has 0 N–H and O–H groups in total. The van der Waals surface area contributed by atoms with Crippen molar-refractivity contribution in [3.63, 3.8) is 0 Å². The highest BCUT2D eigenvalue weighted by Gasteiger charge is 2.17. The zero-order valence-corrected chi connectivity index (χ0v) is 21.4. The summed E-state index contributed by atoms with van der Waals surface area (Å²) < 4.78 is 51.2. The molecule has 0 nitrogen and oxygen atoms in total. The maximum absolute atomic E-state index is 12.8. The lowest BCUT2D eigenvalue weighted by molar-refractivity contribution is 0.119. The highest BCUT2D eigenvalue weighted by molar-refractivity contribution is 4.68. The standard InChI is InChI=1S/C28H54F4/c1-3-5-7-9-11-13-15-17-25(21-23-27(29)30)19-20-26(22-24-28(31)32)18-16-14-12-10-8-6-4-2/h25-28H,3-24H2,1-2H3. The first kappa shape index (κ1) is 31.7. The van der Waals surface area contributed by atoms with Gasteiger partial charge in [-0.3, -0.25) is 0 Å². The van der Waals surface area contributed by atoms with Crippen LogP contribution in [0.5, 0.6) is 0 Å². The first-order valence-electron chi connectivity index (χ1n) is 14.1. The molecule has 2 unspecified atom stereocenters. The molecule has 0 saturated carbocycles. The van der Waals surface area contributed by atoms with Gasteiger partial charge in [-0.25, -0.2) is 17.6 Å². The fraction of sp³-hybridized carbons (Fsp3) is 1.00. The van der Waals surface area contributed by atoms with E-state index in [1.807, 2.05) is 0 Å². The summed E-state index contributed by atoms with van der Waals surface area (Å²) in [5.74, 6) is 0.672. The molecule has 4 heteroatoms. The van der Waals surface area contributed by atoms with Crippen LogP contribution in [0.3, 0.4) is 0 Å². The average molecular weight is 467 g/mol. The van der Waals surface area contributed by atoms with Crippen molar-refractivity contribution in [1.82, 2.24) is 0 Å². The highest BCUT2D eigenvalue weighted by atomic mass is 19.3. The lowest BCUT2D eigenvalue weighted by Crippen LogP contribution is -2.09. The number of rotatable bonds is 25. The Balaban J connectivity index is 4.33. The minimum atomic E-state index is -2.23. The van der Waals surface area contributed by atoms with Crippen LogP contribution in [0.1, 0.15) is 155 Å². The molecule has 0 spiro atoms. The van der Waals surface area contributed by atoms with E-state index in [0.717, 1.165) is 38.5 Å². The van der Waals surface area contributed by atoms with Gasteiger partial charge in [-0.2, -0.15) is 0 Å². The summed E-state index contributed by atoms with van der Waals surface area (Å²) in [5, 5.41) is 0. The van der Waals surface area contributed by atoms with Crippen LogP contribution in [0.4, 0.5) is 17.6 Å². The third-order valence-corrected chi connectivity index (χ3v) is 7.00. The lowest BCUT2D eigenvalue weighted by Gasteiger charge is -2.22. The molecular weight excluding hydrogens is 412 g/mol. The van der Waals surface area contributed by atoms with E-state index < -0.39 is 12.9 Å². The van der Waals surface area contributed by atoms with Crippen LogP contribution in [0.2, 0.25) is 0 Å². The van der Waals surface area contributed by atoms with E-state index >= 15 is 0 Å². The van der Waals surface area contributed by atoms with Gasteiger partial charge < -0.3 is 0 Å². The van der Waals surface area contributed by atoms with Crippen molar-refractivity contribution in [2.75, 3.05) is 0 Å². The third-order valence-electron chi connectivity index (χ3n) is 7.00. The quantitative estimate of drug-likeness (QED) is 0.0926. The highest BCUT2D eigenvalue weighted by Crippen LogP contribution is 2.29. The summed E-state index contributed by atoms with van der Waals surface area (Å²) in [7, 11) is 0. The Morgan fingerprint density at radius 3 is 0.938 bits per heavy atom. The second-order valence-corrected chi connectivity index (χ2v) is 10.1. The van der Waals surface area contributed by atoms with Gasteiger partial charge in [0.1, 0.15) is 0 Å². The van der Waals surface area contributed by atoms with Crippen LogP contribution in [-0.2, 0) is 0 Å². The van der Waals surface area contributed by atoms with Crippen molar-refractivity contribution in [3.8, 4) is 0 Å². The molecule has 0 aromatic rings. The van der Waals surface area contributed by atoms with Gasteiger partial charge in [-0.15, -0.1) is 0 Å². The Bertz CT molecular complexity index is 325. The van der Waals surface area contributed by atoms with E-state index in [-0.39, 0.29) is 12.8 Å². The van der Waals surface area contributed by atoms with Crippen molar-refractivity contribution in [2.45, 2.75) is 168 Å². The Morgan fingerprint density at radius 1 is 0.344 bits per heavy atom. The fourth-order valence-electron chi connectivity index (χ4n) is 4.84. The summed E-state index contributed by atoms with van der Waals surface area (Å²) in [6, 6.07) is 0. The molecule has 0 aliphatic rings. The maximum atomic E-state index is 12.8. The summed E-state index contributed by atoms with van der Waals surface area (Å²) in [4.78, 5) is 0. The lowest BCUT2D eigenvalue weighted by atomic mass is 9.85.